The molecule has 4 aliphatic rings. The van der Waals surface area contributed by atoms with Crippen LogP contribution < -0.4 is 4.74 Å². The molecule has 1 saturated carbocycles. The minimum atomic E-state index is -0.828. The number of pyridine rings is 1. The van der Waals surface area contributed by atoms with Crippen molar-refractivity contribution in [1.29, 1.82) is 0 Å². The number of likely N-dealkylation sites (tertiary alicyclic amines) is 1. The normalized spacial score (nSPS) is 25.1. The van der Waals surface area contributed by atoms with E-state index in [4.69, 9.17) is 4.74 Å². The highest BCUT2D eigenvalue weighted by Crippen LogP contribution is 2.51. The minimum Gasteiger partial charge on any atom is -0.480 e. The lowest BCUT2D eigenvalue weighted by molar-refractivity contribution is -0.132. The molecule has 2 aliphatic carbocycles. The zero-order valence-electron chi connectivity index (χ0n) is 13.5. The van der Waals surface area contributed by atoms with Crippen LogP contribution >= 0.6 is 0 Å². The Morgan fingerprint density at radius 1 is 1.33 bits per heavy atom. The molecule has 1 aromatic rings. The molecule has 2 aliphatic heterocycles. The maximum atomic E-state index is 11.5. The summed E-state index contributed by atoms with van der Waals surface area (Å²) in [6.07, 6.45) is 10.3. The van der Waals surface area contributed by atoms with Crippen LogP contribution in [0.15, 0.2) is 35.7 Å². The first-order valence-corrected chi connectivity index (χ1v) is 8.71. The van der Waals surface area contributed by atoms with Crippen molar-refractivity contribution < 1.29 is 14.6 Å². The maximum Gasteiger partial charge on any atom is 0.331 e. The molecule has 0 aromatic carbocycles. The Morgan fingerprint density at radius 3 is 2.83 bits per heavy atom. The summed E-state index contributed by atoms with van der Waals surface area (Å²) in [5.41, 5.74) is 3.30. The van der Waals surface area contributed by atoms with Crippen molar-refractivity contribution in [2.24, 2.45) is 0 Å². The number of hydrogen-bond acceptors (Lipinski definition) is 4. The van der Waals surface area contributed by atoms with Crippen LogP contribution in [-0.2, 0) is 4.79 Å². The number of rotatable bonds is 2. The predicted octanol–water partition coefficient (Wildman–Crippen LogP) is 2.64. The van der Waals surface area contributed by atoms with E-state index in [1.807, 2.05) is 12.1 Å². The van der Waals surface area contributed by atoms with Crippen LogP contribution in [0.3, 0.4) is 0 Å². The third-order valence-electron chi connectivity index (χ3n) is 5.86. The van der Waals surface area contributed by atoms with E-state index >= 15 is 0 Å². The molecule has 0 atom stereocenters. The molecule has 0 amide bonds. The summed E-state index contributed by atoms with van der Waals surface area (Å²) in [5.74, 6) is -0.0262. The van der Waals surface area contributed by atoms with E-state index in [1.165, 1.54) is 12.8 Å². The Hall–Kier alpha value is -2.14. The zero-order valence-corrected chi connectivity index (χ0v) is 13.5. The number of piperidine rings is 1. The van der Waals surface area contributed by atoms with Crippen molar-refractivity contribution in [2.45, 2.75) is 43.7 Å². The van der Waals surface area contributed by atoms with Gasteiger partial charge in [-0.2, -0.15) is 0 Å². The van der Waals surface area contributed by atoms with Gasteiger partial charge >= 0.3 is 5.97 Å². The Labute approximate surface area is 140 Å². The standard InChI is InChI=1S/C19H20N2O3/c22-18(23)12-9-15-14-3-6-20-11-17(14)24-19(16(15)10-12)4-7-21(8-5-19)13-1-2-13/h3,6,10-11,13H,1-2,4-5,7-9H2,(H,22,23). The van der Waals surface area contributed by atoms with Gasteiger partial charge in [0.1, 0.15) is 11.4 Å². The van der Waals surface area contributed by atoms with E-state index in [1.54, 1.807) is 12.4 Å². The highest BCUT2D eigenvalue weighted by atomic mass is 16.5. The Kier molecular flexibility index (Phi) is 2.92. The second kappa shape index (κ2) is 4.93. The molecule has 2 fully saturated rings. The lowest BCUT2D eigenvalue weighted by Crippen LogP contribution is -2.50. The Morgan fingerprint density at radius 2 is 2.12 bits per heavy atom. The second-order valence-corrected chi connectivity index (χ2v) is 7.28. The van der Waals surface area contributed by atoms with E-state index in [9.17, 15) is 9.90 Å². The van der Waals surface area contributed by atoms with Gasteiger partial charge in [0.2, 0.25) is 0 Å². The summed E-state index contributed by atoms with van der Waals surface area (Å²) in [5, 5.41) is 9.46. The van der Waals surface area contributed by atoms with Crippen molar-refractivity contribution in [1.82, 2.24) is 9.88 Å². The summed E-state index contributed by atoms with van der Waals surface area (Å²) in [4.78, 5) is 18.3. The summed E-state index contributed by atoms with van der Waals surface area (Å²) in [6.45, 7) is 2.04. The molecule has 1 N–H and O–H groups in total. The van der Waals surface area contributed by atoms with Gasteiger partial charge in [0, 0.05) is 61.3 Å². The van der Waals surface area contributed by atoms with Crippen LogP contribution in [-0.4, -0.2) is 45.7 Å². The fourth-order valence-electron chi connectivity index (χ4n) is 4.42. The third-order valence-corrected chi connectivity index (χ3v) is 5.86. The Balaban J connectivity index is 1.55. The first kappa shape index (κ1) is 14.2. The number of nitrogens with zero attached hydrogens (tertiary/aromatic N) is 2. The van der Waals surface area contributed by atoms with Gasteiger partial charge in [0.25, 0.3) is 0 Å². The van der Waals surface area contributed by atoms with Gasteiger partial charge in [0.15, 0.2) is 0 Å². The number of fused-ring (bicyclic) bond motifs is 3. The maximum absolute atomic E-state index is 11.5. The molecule has 3 heterocycles. The fraction of sp³-hybridized carbons (Fsp3) is 0.474. The quantitative estimate of drug-likeness (QED) is 0.906. The van der Waals surface area contributed by atoms with Crippen LogP contribution in [0.5, 0.6) is 5.75 Å². The van der Waals surface area contributed by atoms with E-state index in [2.05, 4.69) is 9.88 Å². The van der Waals surface area contributed by atoms with Gasteiger partial charge in [-0.1, -0.05) is 0 Å². The summed E-state index contributed by atoms with van der Waals surface area (Å²) in [6, 6.07) is 2.71. The molecule has 1 saturated heterocycles. The van der Waals surface area contributed by atoms with E-state index in [0.29, 0.717) is 12.0 Å². The first-order valence-electron chi connectivity index (χ1n) is 8.71. The number of carboxylic acids is 1. The van der Waals surface area contributed by atoms with E-state index < -0.39 is 5.97 Å². The number of ether oxygens (including phenoxy) is 1. The van der Waals surface area contributed by atoms with E-state index in [-0.39, 0.29) is 5.60 Å². The minimum absolute atomic E-state index is 0.381. The van der Waals surface area contributed by atoms with Crippen molar-refractivity contribution in [3.05, 3.63) is 41.2 Å². The molecular formula is C19H20N2O3. The molecule has 5 heteroatoms. The van der Waals surface area contributed by atoms with Gasteiger partial charge in [-0.15, -0.1) is 0 Å². The molecule has 5 nitrogen and oxygen atoms in total. The molecule has 24 heavy (non-hydrogen) atoms. The average Bonchev–Trinajstić information content (AvgIpc) is 3.32. The molecule has 5 rings (SSSR count). The highest BCUT2D eigenvalue weighted by Gasteiger charge is 2.48. The van der Waals surface area contributed by atoms with Crippen LogP contribution in [0, 0.1) is 0 Å². The first-order chi connectivity index (χ1) is 11.7. The molecule has 124 valence electrons. The van der Waals surface area contributed by atoms with E-state index in [0.717, 1.165) is 54.4 Å². The molecule has 0 radical (unpaired) electrons. The monoisotopic (exact) mass is 324 g/mol. The molecule has 1 aromatic heterocycles. The second-order valence-electron chi connectivity index (χ2n) is 7.28. The van der Waals surface area contributed by atoms with Crippen LogP contribution in [0.2, 0.25) is 0 Å². The number of allylic oxidation sites excluding steroid dienone is 1. The smallest absolute Gasteiger partial charge is 0.331 e. The number of aromatic nitrogens is 1. The zero-order chi connectivity index (χ0) is 16.3. The summed E-state index contributed by atoms with van der Waals surface area (Å²) >= 11 is 0. The fourth-order valence-corrected chi connectivity index (χ4v) is 4.42. The number of aliphatic carboxylic acids is 1. The Bertz CT molecular complexity index is 784. The van der Waals surface area contributed by atoms with Crippen molar-refractivity contribution in [3.63, 3.8) is 0 Å². The summed E-state index contributed by atoms with van der Waals surface area (Å²) in [7, 11) is 0. The van der Waals surface area contributed by atoms with Gasteiger partial charge < -0.3 is 14.7 Å². The van der Waals surface area contributed by atoms with Crippen molar-refractivity contribution in [2.75, 3.05) is 13.1 Å². The number of hydrogen-bond donors (Lipinski definition) is 1. The van der Waals surface area contributed by atoms with Gasteiger partial charge in [-0.05, 0) is 30.6 Å². The summed E-state index contributed by atoms with van der Waals surface area (Å²) < 4.78 is 6.47. The van der Waals surface area contributed by atoms with Gasteiger partial charge in [-0.3, -0.25) is 4.98 Å². The lowest BCUT2D eigenvalue weighted by atomic mass is 9.79. The SMILES string of the molecule is O=C(O)C1=CC2=C(C1)c1ccncc1OC21CCN(C2CC2)CC1. The number of carboxylic acid groups (broad SMARTS) is 1. The van der Waals surface area contributed by atoms with Crippen LogP contribution in [0.25, 0.3) is 5.57 Å². The average molecular weight is 324 g/mol. The highest BCUT2D eigenvalue weighted by molar-refractivity contribution is 5.96. The number of carbonyl (C=O) groups is 1. The predicted molar refractivity (Wildman–Crippen MR) is 88.7 cm³/mol. The molecular weight excluding hydrogens is 304 g/mol. The largest absolute Gasteiger partial charge is 0.480 e. The molecule has 0 unspecified atom stereocenters. The molecule has 0 bridgehead atoms. The molecule has 1 spiro atoms. The van der Waals surface area contributed by atoms with Crippen molar-refractivity contribution >= 4 is 11.5 Å². The van der Waals surface area contributed by atoms with Gasteiger partial charge in [0.05, 0.1) is 6.20 Å². The van der Waals surface area contributed by atoms with Crippen LogP contribution in [0.1, 0.15) is 37.7 Å². The van der Waals surface area contributed by atoms with Gasteiger partial charge in [-0.25, -0.2) is 4.79 Å². The lowest BCUT2D eigenvalue weighted by Gasteiger charge is -2.45. The van der Waals surface area contributed by atoms with Crippen LogP contribution in [0.4, 0.5) is 0 Å². The topological polar surface area (TPSA) is 62.7 Å². The van der Waals surface area contributed by atoms with Crippen molar-refractivity contribution in [3.8, 4) is 5.75 Å². The third kappa shape index (κ3) is 2.04.